The molecule has 2 aliphatic carbocycles. The lowest BCUT2D eigenvalue weighted by Crippen LogP contribution is -2.63. The molecule has 0 radical (unpaired) electrons. The Morgan fingerprint density at radius 2 is 1.59 bits per heavy atom. The van der Waals surface area contributed by atoms with E-state index in [9.17, 15) is 19.5 Å². The molecule has 2 N–H and O–H groups in total. The Labute approximate surface area is 261 Å². The van der Waals surface area contributed by atoms with Crippen LogP contribution in [0.15, 0.2) is 47.4 Å². The number of hydrogen-bond donors (Lipinski definition) is 2. The molecule has 1 spiro atoms. The Morgan fingerprint density at radius 3 is 2.32 bits per heavy atom. The Kier molecular flexibility index (Phi) is 9.57. The summed E-state index contributed by atoms with van der Waals surface area (Å²) in [7, 11) is 0. The summed E-state index contributed by atoms with van der Waals surface area (Å²) in [5.74, 6) is 0.801. The number of amides is 2. The fourth-order valence-electron chi connectivity index (χ4n) is 8.49. The minimum atomic E-state index is -1.14. The number of carbonyl (C=O) groups is 2. The molecule has 2 aromatic rings. The van der Waals surface area contributed by atoms with Crippen LogP contribution in [0.25, 0.3) is 11.1 Å². The molecule has 6 rings (SSSR count). The van der Waals surface area contributed by atoms with Gasteiger partial charge in [-0.3, -0.25) is 14.4 Å². The van der Waals surface area contributed by atoms with E-state index in [2.05, 4.69) is 5.32 Å². The number of hydrogen-bond acceptors (Lipinski definition) is 5. The molecule has 1 aromatic heterocycles. The van der Waals surface area contributed by atoms with Gasteiger partial charge in [-0.2, -0.15) is 0 Å². The van der Waals surface area contributed by atoms with E-state index < -0.39 is 11.0 Å². The Bertz CT molecular complexity index is 1360. The van der Waals surface area contributed by atoms with Crippen molar-refractivity contribution >= 4 is 11.8 Å². The third-order valence-corrected chi connectivity index (χ3v) is 11.2. The fraction of sp³-hybridized carbons (Fsp3) is 0.639. The number of rotatable bonds is 7. The van der Waals surface area contributed by atoms with E-state index in [4.69, 9.17) is 0 Å². The van der Waals surface area contributed by atoms with Crippen LogP contribution in [0.1, 0.15) is 93.8 Å². The number of pyridine rings is 1. The van der Waals surface area contributed by atoms with Gasteiger partial charge in [-0.25, -0.2) is 0 Å². The van der Waals surface area contributed by atoms with Crippen molar-refractivity contribution in [2.24, 2.45) is 11.3 Å². The van der Waals surface area contributed by atoms with Crippen LogP contribution in [0.3, 0.4) is 0 Å². The molecule has 2 saturated heterocycles. The van der Waals surface area contributed by atoms with Gasteiger partial charge in [0.1, 0.15) is 0 Å². The zero-order chi connectivity index (χ0) is 30.6. The van der Waals surface area contributed by atoms with Crippen LogP contribution in [-0.4, -0.2) is 76.2 Å². The second-order valence-electron chi connectivity index (χ2n) is 14.0. The van der Waals surface area contributed by atoms with Gasteiger partial charge in [0.05, 0.1) is 17.7 Å². The molecule has 44 heavy (non-hydrogen) atoms. The summed E-state index contributed by atoms with van der Waals surface area (Å²) in [6.07, 6.45) is 14.9. The molecule has 238 valence electrons. The highest BCUT2D eigenvalue weighted by Gasteiger charge is 2.54. The Hall–Kier alpha value is -2.97. The highest BCUT2D eigenvalue weighted by molar-refractivity contribution is 6.00. The number of benzene rings is 1. The quantitative estimate of drug-likeness (QED) is 0.473. The first-order chi connectivity index (χ1) is 21.4. The zero-order valence-corrected chi connectivity index (χ0v) is 26.3. The van der Waals surface area contributed by atoms with Crippen molar-refractivity contribution in [1.29, 1.82) is 0 Å². The van der Waals surface area contributed by atoms with Gasteiger partial charge in [0.2, 0.25) is 5.91 Å². The van der Waals surface area contributed by atoms with Gasteiger partial charge in [-0.1, -0.05) is 81.7 Å². The fourth-order valence-corrected chi connectivity index (χ4v) is 8.49. The van der Waals surface area contributed by atoms with Gasteiger partial charge in [0.15, 0.2) is 0 Å². The molecule has 4 aliphatic rings. The molecule has 1 unspecified atom stereocenters. The van der Waals surface area contributed by atoms with E-state index in [1.54, 1.807) is 16.8 Å². The predicted molar refractivity (Wildman–Crippen MR) is 172 cm³/mol. The number of likely N-dealkylation sites (tertiary alicyclic amines) is 1. The molecule has 3 heterocycles. The largest absolute Gasteiger partial charge is 0.387 e. The van der Waals surface area contributed by atoms with Crippen LogP contribution in [-0.2, 0) is 11.3 Å². The van der Waals surface area contributed by atoms with Crippen LogP contribution in [0.4, 0.5) is 0 Å². The third-order valence-electron chi connectivity index (χ3n) is 11.2. The third kappa shape index (κ3) is 6.52. The van der Waals surface area contributed by atoms with Crippen molar-refractivity contribution in [3.63, 3.8) is 0 Å². The molecule has 1 atom stereocenters. The lowest BCUT2D eigenvalue weighted by atomic mass is 9.60. The average Bonchev–Trinajstić information content (AvgIpc) is 3.07. The summed E-state index contributed by atoms with van der Waals surface area (Å²) in [6.45, 7) is 3.90. The minimum absolute atomic E-state index is 0.0862. The number of aliphatic hydroxyl groups is 1. The molecule has 2 saturated carbocycles. The SMILES string of the molecule is O=C(CCC1CCCCC1)N1CCC(O)(Cn2cc(C(=O)N3CCNCC3)c(-c3ccccc3)cc2=O)C2(CCCCC2)C1. The smallest absolute Gasteiger partial charge is 0.256 e. The monoisotopic (exact) mass is 602 g/mol. The maximum Gasteiger partial charge on any atom is 0.256 e. The standard InChI is InChI=1S/C36H50N4O4/c41-32(15-14-28-10-4-1-5-11-28)39-21-18-36(44,35(26-39)16-8-3-9-17-35)27-40-25-31(34(43)38-22-19-37-20-23-38)30(24-33(40)42)29-12-6-2-7-13-29/h2,6-7,12-13,24-25,28,37,44H,1,3-5,8-11,14-23,26-27H2. The van der Waals surface area contributed by atoms with Gasteiger partial charge in [0.25, 0.3) is 11.5 Å². The van der Waals surface area contributed by atoms with Gasteiger partial charge >= 0.3 is 0 Å². The molecule has 4 fully saturated rings. The van der Waals surface area contributed by atoms with Crippen LogP contribution < -0.4 is 10.9 Å². The second kappa shape index (κ2) is 13.6. The zero-order valence-electron chi connectivity index (χ0n) is 26.3. The summed E-state index contributed by atoms with van der Waals surface area (Å²) in [5.41, 5.74) is 0.150. The van der Waals surface area contributed by atoms with Gasteiger partial charge in [-0.15, -0.1) is 0 Å². The minimum Gasteiger partial charge on any atom is -0.387 e. The molecule has 1 aromatic carbocycles. The van der Waals surface area contributed by atoms with E-state index in [1.165, 1.54) is 32.1 Å². The average molecular weight is 603 g/mol. The molecular weight excluding hydrogens is 552 g/mol. The van der Waals surface area contributed by atoms with E-state index in [1.807, 2.05) is 40.1 Å². The summed E-state index contributed by atoms with van der Waals surface area (Å²) in [6, 6.07) is 11.2. The summed E-state index contributed by atoms with van der Waals surface area (Å²) in [5, 5.41) is 15.8. The molecular formula is C36H50N4O4. The first-order valence-electron chi connectivity index (χ1n) is 17.2. The van der Waals surface area contributed by atoms with Crippen molar-refractivity contribution in [2.45, 2.75) is 95.6 Å². The van der Waals surface area contributed by atoms with Gasteiger partial charge in [-0.05, 0) is 37.2 Å². The van der Waals surface area contributed by atoms with Crippen LogP contribution >= 0.6 is 0 Å². The predicted octanol–water partition coefficient (Wildman–Crippen LogP) is 4.84. The normalized spacial score (nSPS) is 24.4. The van der Waals surface area contributed by atoms with Gasteiger partial charge in [0, 0.05) is 68.9 Å². The molecule has 8 nitrogen and oxygen atoms in total. The van der Waals surface area contributed by atoms with Crippen LogP contribution in [0.2, 0.25) is 0 Å². The van der Waals surface area contributed by atoms with Crippen molar-refractivity contribution in [2.75, 3.05) is 39.3 Å². The van der Waals surface area contributed by atoms with Crippen molar-refractivity contribution in [3.8, 4) is 11.1 Å². The van der Waals surface area contributed by atoms with E-state index in [0.29, 0.717) is 56.1 Å². The van der Waals surface area contributed by atoms with Crippen molar-refractivity contribution < 1.29 is 14.7 Å². The maximum absolute atomic E-state index is 13.9. The molecule has 0 bridgehead atoms. The number of nitrogens with zero attached hydrogens (tertiary/aromatic N) is 3. The number of piperidine rings is 1. The summed E-state index contributed by atoms with van der Waals surface area (Å²) >= 11 is 0. The topological polar surface area (TPSA) is 94.9 Å². The Balaban J connectivity index is 1.27. The van der Waals surface area contributed by atoms with E-state index in [0.717, 1.165) is 57.2 Å². The van der Waals surface area contributed by atoms with E-state index >= 15 is 0 Å². The number of piperazine rings is 1. The van der Waals surface area contributed by atoms with Crippen LogP contribution in [0.5, 0.6) is 0 Å². The highest BCUT2D eigenvalue weighted by Crippen LogP contribution is 2.50. The van der Waals surface area contributed by atoms with Gasteiger partial charge < -0.3 is 24.8 Å². The number of carbonyl (C=O) groups excluding carboxylic acids is 2. The van der Waals surface area contributed by atoms with Crippen molar-refractivity contribution in [1.82, 2.24) is 19.7 Å². The Morgan fingerprint density at radius 1 is 0.886 bits per heavy atom. The highest BCUT2D eigenvalue weighted by atomic mass is 16.3. The molecule has 8 heteroatoms. The molecule has 2 amide bonds. The first-order valence-corrected chi connectivity index (χ1v) is 17.2. The molecule has 2 aliphatic heterocycles. The van der Waals surface area contributed by atoms with E-state index in [-0.39, 0.29) is 23.9 Å². The lowest BCUT2D eigenvalue weighted by molar-refractivity contribution is -0.170. The lowest BCUT2D eigenvalue weighted by Gasteiger charge is -2.55. The van der Waals surface area contributed by atoms with Crippen LogP contribution in [0, 0.1) is 11.3 Å². The number of aromatic nitrogens is 1. The first kappa shape index (κ1) is 31.0. The second-order valence-corrected chi connectivity index (χ2v) is 14.0. The maximum atomic E-state index is 13.9. The van der Waals surface area contributed by atoms with Crippen molar-refractivity contribution in [3.05, 3.63) is 58.5 Å². The summed E-state index contributed by atoms with van der Waals surface area (Å²) < 4.78 is 1.58. The number of nitrogens with one attached hydrogen (secondary N) is 1. The summed E-state index contributed by atoms with van der Waals surface area (Å²) in [4.78, 5) is 44.9.